The fraction of sp³-hybridized carbons (Fsp3) is 1.00. The number of hydrogen-bond acceptors (Lipinski definition) is 2. The highest BCUT2D eigenvalue weighted by molar-refractivity contribution is 4.44. The normalized spacial score (nSPS) is 10.2. The molecule has 0 fully saturated rings. The lowest BCUT2D eigenvalue weighted by molar-refractivity contribution is 0.144. The molecule has 0 atom stereocenters. The van der Waals surface area contributed by atoms with Crippen LogP contribution in [0.4, 0.5) is 4.39 Å². The maximum Gasteiger partial charge on any atom is 0.102 e. The molecule has 10 heavy (non-hydrogen) atoms. The van der Waals surface area contributed by atoms with Crippen LogP contribution < -0.4 is 5.32 Å². The molecule has 0 amide bonds. The van der Waals surface area contributed by atoms with Crippen LogP contribution in [0.1, 0.15) is 13.3 Å². The Bertz CT molecular complexity index is 53.6. The van der Waals surface area contributed by atoms with Gasteiger partial charge in [-0.2, -0.15) is 0 Å². The number of alkyl halides is 1. The van der Waals surface area contributed by atoms with Crippen LogP contribution in [0.15, 0.2) is 0 Å². The van der Waals surface area contributed by atoms with Crippen molar-refractivity contribution in [2.75, 3.05) is 33.0 Å². The third kappa shape index (κ3) is 7.85. The molecular weight excluding hydrogens is 133 g/mol. The largest absolute Gasteiger partial charge is 0.382 e. The summed E-state index contributed by atoms with van der Waals surface area (Å²) in [5.74, 6) is 0. The van der Waals surface area contributed by atoms with E-state index in [2.05, 4.69) is 5.32 Å². The van der Waals surface area contributed by atoms with Gasteiger partial charge in [0.15, 0.2) is 0 Å². The number of hydrogen-bond donors (Lipinski definition) is 1. The van der Waals surface area contributed by atoms with Crippen molar-refractivity contribution in [2.24, 2.45) is 0 Å². The Balaban J connectivity index is 2.65. The average molecular weight is 149 g/mol. The SMILES string of the molecule is CCOCCCNCCF. The minimum Gasteiger partial charge on any atom is -0.382 e. The van der Waals surface area contributed by atoms with Crippen LogP contribution in [-0.2, 0) is 4.74 Å². The molecule has 0 bridgehead atoms. The van der Waals surface area contributed by atoms with Gasteiger partial charge in [0.25, 0.3) is 0 Å². The van der Waals surface area contributed by atoms with E-state index in [0.29, 0.717) is 6.54 Å². The summed E-state index contributed by atoms with van der Waals surface area (Å²) in [5, 5.41) is 2.94. The second kappa shape index (κ2) is 8.85. The van der Waals surface area contributed by atoms with Crippen molar-refractivity contribution < 1.29 is 9.13 Å². The Morgan fingerprint density at radius 1 is 1.40 bits per heavy atom. The van der Waals surface area contributed by atoms with Gasteiger partial charge in [-0.3, -0.25) is 0 Å². The van der Waals surface area contributed by atoms with Crippen molar-refractivity contribution in [1.82, 2.24) is 5.32 Å². The Morgan fingerprint density at radius 3 is 2.80 bits per heavy atom. The highest BCUT2D eigenvalue weighted by Crippen LogP contribution is 1.79. The van der Waals surface area contributed by atoms with Crippen molar-refractivity contribution in [3.05, 3.63) is 0 Å². The number of halogens is 1. The van der Waals surface area contributed by atoms with Gasteiger partial charge < -0.3 is 10.1 Å². The maximum absolute atomic E-state index is 11.5. The standard InChI is InChI=1S/C7H16FNO/c1-2-10-7-3-5-9-6-4-8/h9H,2-7H2,1H3. The smallest absolute Gasteiger partial charge is 0.102 e. The molecule has 62 valence electrons. The van der Waals surface area contributed by atoms with Crippen molar-refractivity contribution in [3.63, 3.8) is 0 Å². The second-order valence-electron chi connectivity index (χ2n) is 1.99. The molecule has 3 heteroatoms. The Kier molecular flexibility index (Phi) is 8.72. The fourth-order valence-corrected chi connectivity index (χ4v) is 0.635. The molecule has 0 spiro atoms. The average Bonchev–Trinajstić information content (AvgIpc) is 1.97. The molecule has 0 saturated heterocycles. The van der Waals surface area contributed by atoms with Crippen molar-refractivity contribution >= 4 is 0 Å². The van der Waals surface area contributed by atoms with E-state index in [1.165, 1.54) is 0 Å². The molecule has 0 saturated carbocycles. The van der Waals surface area contributed by atoms with Gasteiger partial charge in [0.05, 0.1) is 0 Å². The summed E-state index contributed by atoms with van der Waals surface area (Å²) < 4.78 is 16.6. The highest BCUT2D eigenvalue weighted by atomic mass is 19.1. The third-order valence-corrected chi connectivity index (χ3v) is 1.12. The summed E-state index contributed by atoms with van der Waals surface area (Å²) in [7, 11) is 0. The van der Waals surface area contributed by atoms with Crippen LogP contribution >= 0.6 is 0 Å². The van der Waals surface area contributed by atoms with Crippen LogP contribution in [0.5, 0.6) is 0 Å². The molecule has 0 heterocycles. The molecule has 0 aliphatic heterocycles. The van der Waals surface area contributed by atoms with Crippen LogP contribution in [0.25, 0.3) is 0 Å². The van der Waals surface area contributed by atoms with Crippen LogP contribution in [-0.4, -0.2) is 33.0 Å². The molecule has 0 unspecified atom stereocenters. The molecule has 0 aromatic carbocycles. The Morgan fingerprint density at radius 2 is 2.20 bits per heavy atom. The minimum atomic E-state index is -0.283. The van der Waals surface area contributed by atoms with Crippen LogP contribution in [0, 0.1) is 0 Å². The van der Waals surface area contributed by atoms with Crippen molar-refractivity contribution in [3.8, 4) is 0 Å². The minimum absolute atomic E-state index is 0.283. The Labute approximate surface area is 61.8 Å². The topological polar surface area (TPSA) is 21.3 Å². The zero-order valence-corrected chi connectivity index (χ0v) is 6.53. The van der Waals surface area contributed by atoms with Gasteiger partial charge in [0.2, 0.25) is 0 Å². The number of ether oxygens (including phenoxy) is 1. The first-order valence-electron chi connectivity index (χ1n) is 3.76. The van der Waals surface area contributed by atoms with Gasteiger partial charge in [-0.25, -0.2) is 4.39 Å². The summed E-state index contributed by atoms with van der Waals surface area (Å²) >= 11 is 0. The Hall–Kier alpha value is -0.150. The molecule has 0 radical (unpaired) electrons. The van der Waals surface area contributed by atoms with E-state index in [-0.39, 0.29) is 6.67 Å². The van der Waals surface area contributed by atoms with E-state index in [1.807, 2.05) is 6.92 Å². The quantitative estimate of drug-likeness (QED) is 0.545. The van der Waals surface area contributed by atoms with E-state index in [9.17, 15) is 4.39 Å². The number of rotatable bonds is 7. The first-order valence-corrected chi connectivity index (χ1v) is 3.76. The summed E-state index contributed by atoms with van der Waals surface area (Å²) in [5.41, 5.74) is 0. The van der Waals surface area contributed by atoms with Gasteiger partial charge >= 0.3 is 0 Å². The molecule has 1 N–H and O–H groups in total. The second-order valence-corrected chi connectivity index (χ2v) is 1.99. The molecule has 0 aromatic rings. The van der Waals surface area contributed by atoms with Gasteiger partial charge in [0.1, 0.15) is 6.67 Å². The highest BCUT2D eigenvalue weighted by Gasteiger charge is 1.86. The molecule has 2 nitrogen and oxygen atoms in total. The predicted molar refractivity (Wildman–Crippen MR) is 40.0 cm³/mol. The van der Waals surface area contributed by atoms with E-state index in [0.717, 1.165) is 26.2 Å². The monoisotopic (exact) mass is 149 g/mol. The fourth-order valence-electron chi connectivity index (χ4n) is 0.635. The van der Waals surface area contributed by atoms with Crippen molar-refractivity contribution in [1.29, 1.82) is 0 Å². The first-order chi connectivity index (χ1) is 4.91. The van der Waals surface area contributed by atoms with E-state index < -0.39 is 0 Å². The maximum atomic E-state index is 11.5. The van der Waals surface area contributed by atoms with E-state index in [1.54, 1.807) is 0 Å². The van der Waals surface area contributed by atoms with Crippen LogP contribution in [0.2, 0.25) is 0 Å². The van der Waals surface area contributed by atoms with Gasteiger partial charge in [0, 0.05) is 19.8 Å². The lowest BCUT2D eigenvalue weighted by Crippen LogP contribution is -2.19. The van der Waals surface area contributed by atoms with Crippen LogP contribution in [0.3, 0.4) is 0 Å². The molecular formula is C7H16FNO. The zero-order chi connectivity index (χ0) is 7.66. The summed E-state index contributed by atoms with van der Waals surface area (Å²) in [6.45, 7) is 4.54. The first kappa shape index (κ1) is 9.85. The summed E-state index contributed by atoms with van der Waals surface area (Å²) in [6.07, 6.45) is 0.966. The predicted octanol–water partition coefficient (Wildman–Crippen LogP) is 0.972. The number of nitrogens with one attached hydrogen (secondary N) is 1. The van der Waals surface area contributed by atoms with Gasteiger partial charge in [-0.15, -0.1) is 0 Å². The van der Waals surface area contributed by atoms with Gasteiger partial charge in [-0.05, 0) is 19.9 Å². The zero-order valence-electron chi connectivity index (χ0n) is 6.53. The summed E-state index contributed by atoms with van der Waals surface area (Å²) in [6, 6.07) is 0. The van der Waals surface area contributed by atoms with Crippen molar-refractivity contribution in [2.45, 2.75) is 13.3 Å². The van der Waals surface area contributed by atoms with Gasteiger partial charge in [-0.1, -0.05) is 0 Å². The third-order valence-electron chi connectivity index (χ3n) is 1.12. The molecule has 0 aliphatic rings. The van der Waals surface area contributed by atoms with E-state index >= 15 is 0 Å². The molecule has 0 rings (SSSR count). The lowest BCUT2D eigenvalue weighted by atomic mass is 10.4. The molecule has 0 aliphatic carbocycles. The molecule has 0 aromatic heterocycles. The summed E-state index contributed by atoms with van der Waals surface area (Å²) in [4.78, 5) is 0. The van der Waals surface area contributed by atoms with E-state index in [4.69, 9.17) is 4.74 Å². The lowest BCUT2D eigenvalue weighted by Gasteiger charge is -2.01.